The van der Waals surface area contributed by atoms with Gasteiger partial charge in [0.25, 0.3) is 0 Å². The van der Waals surface area contributed by atoms with Gasteiger partial charge in [-0.1, -0.05) is 188 Å². The second-order valence-corrected chi connectivity index (χ2v) is 20.7. The van der Waals surface area contributed by atoms with Crippen LogP contribution in [0.15, 0.2) is 249 Å². The summed E-state index contributed by atoms with van der Waals surface area (Å²) in [7, 11) is -2.84. The minimum Gasteiger partial charge on any atom is -0.309 e. The highest BCUT2D eigenvalue weighted by molar-refractivity contribution is 7.19. The molecule has 0 aliphatic heterocycles. The van der Waals surface area contributed by atoms with E-state index in [4.69, 9.17) is 0 Å². The van der Waals surface area contributed by atoms with Crippen molar-refractivity contribution in [2.75, 3.05) is 0 Å². The quantitative estimate of drug-likeness (QED) is 0.112. The van der Waals surface area contributed by atoms with Crippen LogP contribution in [-0.2, 0) is 0 Å². The molecule has 10 aromatic carbocycles. The van der Waals surface area contributed by atoms with Gasteiger partial charge in [0.15, 0.2) is 8.07 Å². The summed E-state index contributed by atoms with van der Waals surface area (Å²) < 4.78 is 7.46. The first-order valence-electron chi connectivity index (χ1n) is 22.1. The maximum atomic E-state index is 2.54. The van der Waals surface area contributed by atoms with Gasteiger partial charge >= 0.3 is 0 Å². The van der Waals surface area contributed by atoms with E-state index in [9.17, 15) is 0 Å². The van der Waals surface area contributed by atoms with E-state index in [1.165, 1.54) is 80.6 Å². The highest BCUT2D eigenvalue weighted by atomic mass is 28.3. The van der Waals surface area contributed by atoms with Crippen LogP contribution in [0.2, 0.25) is 0 Å². The fourth-order valence-electron chi connectivity index (χ4n) is 11.0. The molecule has 0 saturated heterocycles. The predicted octanol–water partition coefficient (Wildman–Crippen LogP) is 12.4. The van der Waals surface area contributed by atoms with Gasteiger partial charge in [-0.15, -0.1) is 0 Å². The zero-order valence-corrected chi connectivity index (χ0v) is 36.0. The van der Waals surface area contributed by atoms with Gasteiger partial charge < -0.3 is 13.7 Å². The molecule has 13 aromatic rings. The maximum absolute atomic E-state index is 2.84. The van der Waals surface area contributed by atoms with Gasteiger partial charge in [-0.25, -0.2) is 0 Å². The molecular formula is C60H41N3Si. The van der Waals surface area contributed by atoms with Gasteiger partial charge in [-0.3, -0.25) is 0 Å². The Hall–Kier alpha value is -8.18. The van der Waals surface area contributed by atoms with E-state index in [1.807, 2.05) is 0 Å². The third-order valence-electron chi connectivity index (χ3n) is 13.6. The Bertz CT molecular complexity index is 3690. The molecule has 3 aromatic heterocycles. The number of rotatable bonds is 7. The van der Waals surface area contributed by atoms with Crippen molar-refractivity contribution in [2.45, 2.75) is 0 Å². The highest BCUT2D eigenvalue weighted by Gasteiger charge is 2.41. The second kappa shape index (κ2) is 14.5. The van der Waals surface area contributed by atoms with Crippen molar-refractivity contribution >= 4 is 94.2 Å². The molecule has 64 heavy (non-hydrogen) atoms. The zero-order chi connectivity index (χ0) is 42.2. The van der Waals surface area contributed by atoms with Crippen LogP contribution in [0.1, 0.15) is 0 Å². The molecule has 0 bridgehead atoms. The molecule has 0 aliphatic carbocycles. The molecule has 0 radical (unpaired) electrons. The smallest absolute Gasteiger partial charge is 0.179 e. The summed E-state index contributed by atoms with van der Waals surface area (Å²) in [5.74, 6) is 0. The van der Waals surface area contributed by atoms with Gasteiger partial charge in [0.1, 0.15) is 0 Å². The van der Waals surface area contributed by atoms with Gasteiger partial charge in [0.05, 0.1) is 38.8 Å². The average Bonchev–Trinajstić information content (AvgIpc) is 4.01. The summed E-state index contributed by atoms with van der Waals surface area (Å²) in [6, 6.07) is 92.4. The lowest BCUT2D eigenvalue weighted by atomic mass is 10.1. The lowest BCUT2D eigenvalue weighted by molar-refractivity contribution is 1.13. The van der Waals surface area contributed by atoms with Gasteiger partial charge in [-0.05, 0) is 81.4 Å². The molecule has 13 rings (SSSR count). The van der Waals surface area contributed by atoms with Crippen LogP contribution in [-0.4, -0.2) is 21.8 Å². The summed E-state index contributed by atoms with van der Waals surface area (Å²) in [5, 5.41) is 12.8. The van der Waals surface area contributed by atoms with Crippen molar-refractivity contribution in [3.8, 4) is 17.1 Å². The van der Waals surface area contributed by atoms with Crippen LogP contribution in [0.25, 0.3) is 82.5 Å². The molecule has 0 spiro atoms. The fourth-order valence-corrected chi connectivity index (χ4v) is 15.7. The van der Waals surface area contributed by atoms with Crippen LogP contribution in [0, 0.1) is 0 Å². The topological polar surface area (TPSA) is 14.8 Å². The van der Waals surface area contributed by atoms with Crippen LogP contribution < -0.4 is 20.7 Å². The summed E-state index contributed by atoms with van der Waals surface area (Å²) in [5.41, 5.74) is 10.5. The molecule has 0 saturated carbocycles. The third-order valence-corrected chi connectivity index (χ3v) is 18.3. The van der Waals surface area contributed by atoms with Crippen LogP contribution in [0.4, 0.5) is 0 Å². The largest absolute Gasteiger partial charge is 0.309 e. The molecular weight excluding hydrogens is 791 g/mol. The molecule has 3 heterocycles. The van der Waals surface area contributed by atoms with Crippen molar-refractivity contribution in [3.05, 3.63) is 249 Å². The van der Waals surface area contributed by atoms with E-state index in [1.54, 1.807) is 0 Å². The van der Waals surface area contributed by atoms with E-state index in [-0.39, 0.29) is 0 Å². The zero-order valence-electron chi connectivity index (χ0n) is 35.0. The van der Waals surface area contributed by atoms with Crippen molar-refractivity contribution < 1.29 is 0 Å². The lowest BCUT2D eigenvalue weighted by Crippen LogP contribution is -2.74. The Morgan fingerprint density at radius 1 is 0.234 bits per heavy atom. The average molecular weight is 832 g/mol. The number of hydrogen-bond donors (Lipinski definition) is 0. The van der Waals surface area contributed by atoms with Crippen molar-refractivity contribution in [2.24, 2.45) is 0 Å². The Balaban J connectivity index is 1.15. The number of benzene rings is 10. The molecule has 300 valence electrons. The van der Waals surface area contributed by atoms with Gasteiger partial charge in [0.2, 0.25) is 0 Å². The molecule has 4 heteroatoms. The predicted molar refractivity (Wildman–Crippen MR) is 273 cm³/mol. The summed E-state index contributed by atoms with van der Waals surface area (Å²) in [6.07, 6.45) is 0. The molecule has 0 aliphatic rings. The Morgan fingerprint density at radius 3 is 1.14 bits per heavy atom. The Kier molecular flexibility index (Phi) is 8.23. The SMILES string of the molecule is c1ccc([Si](c2ccccc2)(c2ccccc2)c2cccc(-n3c4ccc(-n5c6ccccc6c6ccccc65)cc4c4cccc(-n5c6ccccc6c6ccccc65)c43)c2)cc1. The van der Waals surface area contributed by atoms with E-state index in [0.717, 1.165) is 22.6 Å². The molecule has 0 fully saturated rings. The molecule has 0 atom stereocenters. The number of aromatic nitrogens is 3. The summed E-state index contributed by atoms with van der Waals surface area (Å²) >= 11 is 0. The monoisotopic (exact) mass is 831 g/mol. The van der Waals surface area contributed by atoms with E-state index < -0.39 is 8.07 Å². The fraction of sp³-hybridized carbons (Fsp3) is 0. The number of para-hydroxylation sites is 5. The number of fused-ring (bicyclic) bond motifs is 9. The minimum atomic E-state index is -2.84. The highest BCUT2D eigenvalue weighted by Crippen LogP contribution is 2.41. The first-order valence-corrected chi connectivity index (χ1v) is 24.1. The van der Waals surface area contributed by atoms with E-state index >= 15 is 0 Å². The molecule has 0 amide bonds. The van der Waals surface area contributed by atoms with Crippen molar-refractivity contribution in [3.63, 3.8) is 0 Å². The number of nitrogens with zero attached hydrogens (tertiary/aromatic N) is 3. The number of hydrogen-bond acceptors (Lipinski definition) is 0. The van der Waals surface area contributed by atoms with Crippen molar-refractivity contribution in [1.29, 1.82) is 0 Å². The van der Waals surface area contributed by atoms with Crippen LogP contribution >= 0.6 is 0 Å². The summed E-state index contributed by atoms with van der Waals surface area (Å²) in [4.78, 5) is 0. The molecule has 0 N–H and O–H groups in total. The molecule has 0 unspecified atom stereocenters. The van der Waals surface area contributed by atoms with Crippen LogP contribution in [0.5, 0.6) is 0 Å². The third kappa shape index (κ3) is 5.27. The first kappa shape index (κ1) is 36.5. The lowest BCUT2D eigenvalue weighted by Gasteiger charge is -2.34. The second-order valence-electron chi connectivity index (χ2n) is 16.8. The molecule has 3 nitrogen and oxygen atoms in total. The maximum Gasteiger partial charge on any atom is 0.179 e. The van der Waals surface area contributed by atoms with E-state index in [2.05, 4.69) is 262 Å². The first-order chi connectivity index (χ1) is 31.8. The van der Waals surface area contributed by atoms with Gasteiger partial charge in [0, 0.05) is 43.7 Å². The Morgan fingerprint density at radius 2 is 0.625 bits per heavy atom. The van der Waals surface area contributed by atoms with Crippen LogP contribution in [0.3, 0.4) is 0 Å². The summed E-state index contributed by atoms with van der Waals surface area (Å²) in [6.45, 7) is 0. The normalized spacial score (nSPS) is 12.1. The standard InChI is InChI=1S/C60H41N3Si/c1-4-21-44(22-5-1)64(45-23-6-2-7-24-45,46-25-8-3-9-26-46)47-27-18-20-42(40-47)62-58-39-38-43(61-54-33-14-10-28-48(54)49-29-11-15-34-55(49)61)41-53(58)52-32-19-37-59(60(52)62)63-56-35-16-12-30-50(56)51-31-13-17-36-57(51)63/h1-41H. The van der Waals surface area contributed by atoms with Crippen molar-refractivity contribution in [1.82, 2.24) is 13.7 Å². The van der Waals surface area contributed by atoms with E-state index in [0.29, 0.717) is 0 Å². The van der Waals surface area contributed by atoms with Gasteiger partial charge in [-0.2, -0.15) is 0 Å². The minimum absolute atomic E-state index is 1.13. The Labute approximate surface area is 372 Å².